The summed E-state index contributed by atoms with van der Waals surface area (Å²) in [7, 11) is 0. The molecule has 8 heteroatoms. The Morgan fingerprint density at radius 1 is 1.15 bits per heavy atom. The highest BCUT2D eigenvalue weighted by Gasteiger charge is 2.24. The van der Waals surface area contributed by atoms with Crippen LogP contribution in [0.2, 0.25) is 0 Å². The summed E-state index contributed by atoms with van der Waals surface area (Å²) in [5.74, 6) is 0.637. The lowest BCUT2D eigenvalue weighted by atomic mass is 10.0. The number of anilines is 1. The number of hydrogen-bond acceptors (Lipinski definition) is 7. The molecular weight excluding hydrogens is 428 g/mol. The summed E-state index contributed by atoms with van der Waals surface area (Å²) in [6, 6.07) is 15.6. The van der Waals surface area contributed by atoms with Gasteiger partial charge in [0.25, 0.3) is 0 Å². The Morgan fingerprint density at radius 2 is 2.00 bits per heavy atom. The van der Waals surface area contributed by atoms with Gasteiger partial charge in [0.2, 0.25) is 0 Å². The molecule has 0 aliphatic carbocycles. The van der Waals surface area contributed by atoms with Crippen molar-refractivity contribution in [1.29, 1.82) is 0 Å². The monoisotopic (exact) mass is 458 g/mol. The predicted octanol–water partition coefficient (Wildman–Crippen LogP) is 3.35. The standard InChI is InChI=1S/C26H30N6O2/c1-2-5-21(27)23-8-4-7-22(30-23)17-12-24(31-11-10-19(34)15-31)20-14-28-32(25(20)13-17)26-9-3-6-18(16-33)29-26/h3-4,6-9,12-14,19,21,33-34H,2,5,10-11,15-16,27H2,1H3. The average molecular weight is 459 g/mol. The predicted molar refractivity (Wildman–Crippen MR) is 133 cm³/mol. The number of aliphatic hydroxyl groups is 2. The average Bonchev–Trinajstić information content (AvgIpc) is 3.50. The van der Waals surface area contributed by atoms with E-state index in [1.54, 1.807) is 10.7 Å². The zero-order chi connectivity index (χ0) is 23.7. The summed E-state index contributed by atoms with van der Waals surface area (Å²) in [5, 5.41) is 25.4. The number of aliphatic hydroxyl groups excluding tert-OH is 2. The Balaban J connectivity index is 1.67. The quantitative estimate of drug-likeness (QED) is 0.389. The molecule has 3 aromatic heterocycles. The lowest BCUT2D eigenvalue weighted by molar-refractivity contribution is 0.198. The van der Waals surface area contributed by atoms with E-state index in [-0.39, 0.29) is 18.8 Å². The Morgan fingerprint density at radius 3 is 2.76 bits per heavy atom. The van der Waals surface area contributed by atoms with E-state index in [0.717, 1.165) is 59.3 Å². The van der Waals surface area contributed by atoms with Gasteiger partial charge in [0.15, 0.2) is 5.82 Å². The fraction of sp³-hybridized carbons (Fsp3) is 0.346. The molecule has 1 aromatic carbocycles. The summed E-state index contributed by atoms with van der Waals surface area (Å²) in [4.78, 5) is 11.6. The molecule has 0 bridgehead atoms. The molecule has 0 amide bonds. The van der Waals surface area contributed by atoms with Gasteiger partial charge in [0, 0.05) is 35.8 Å². The summed E-state index contributed by atoms with van der Waals surface area (Å²) >= 11 is 0. The minimum absolute atomic E-state index is 0.0992. The maximum Gasteiger partial charge on any atom is 0.154 e. The van der Waals surface area contributed by atoms with Crippen LogP contribution < -0.4 is 10.6 Å². The van der Waals surface area contributed by atoms with Gasteiger partial charge in [-0.15, -0.1) is 0 Å². The molecular formula is C26H30N6O2. The van der Waals surface area contributed by atoms with Crippen molar-refractivity contribution in [2.45, 2.75) is 44.9 Å². The van der Waals surface area contributed by atoms with Gasteiger partial charge in [0.1, 0.15) is 0 Å². The number of benzene rings is 1. The van der Waals surface area contributed by atoms with Gasteiger partial charge in [-0.25, -0.2) is 9.67 Å². The van der Waals surface area contributed by atoms with Crippen molar-refractivity contribution in [2.24, 2.45) is 5.73 Å². The van der Waals surface area contributed by atoms with Crippen molar-refractivity contribution >= 4 is 16.6 Å². The first-order chi connectivity index (χ1) is 16.6. The normalized spacial score (nSPS) is 16.9. The number of hydrogen-bond donors (Lipinski definition) is 3. The summed E-state index contributed by atoms with van der Waals surface area (Å²) in [6.45, 7) is 3.34. The van der Waals surface area contributed by atoms with Crippen molar-refractivity contribution in [2.75, 3.05) is 18.0 Å². The van der Waals surface area contributed by atoms with Crippen LogP contribution in [0.5, 0.6) is 0 Å². The highest BCUT2D eigenvalue weighted by molar-refractivity contribution is 5.96. The van der Waals surface area contributed by atoms with Crippen molar-refractivity contribution in [1.82, 2.24) is 19.7 Å². The number of β-amino-alcohol motifs (C(OH)–C–C–N with tert-alkyl or cyclic N) is 1. The van der Waals surface area contributed by atoms with E-state index in [2.05, 4.69) is 34.0 Å². The molecule has 1 aliphatic rings. The number of rotatable bonds is 7. The van der Waals surface area contributed by atoms with E-state index < -0.39 is 0 Å². The SMILES string of the molecule is CCCC(N)c1cccc(-c2cc(N3CCC(O)C3)c3cnn(-c4cccc(CO)n4)c3c2)n1. The Hall–Kier alpha value is -3.33. The Labute approximate surface area is 198 Å². The van der Waals surface area contributed by atoms with Crippen LogP contribution in [-0.2, 0) is 6.61 Å². The fourth-order valence-electron chi connectivity index (χ4n) is 4.61. The minimum atomic E-state index is -0.342. The van der Waals surface area contributed by atoms with E-state index in [1.165, 1.54) is 0 Å². The van der Waals surface area contributed by atoms with Gasteiger partial charge < -0.3 is 20.8 Å². The molecule has 1 fully saturated rings. The first-order valence-corrected chi connectivity index (χ1v) is 11.8. The number of fused-ring (bicyclic) bond motifs is 1. The first kappa shape index (κ1) is 22.5. The second kappa shape index (κ2) is 9.50. The third-order valence-electron chi connectivity index (χ3n) is 6.39. The highest BCUT2D eigenvalue weighted by atomic mass is 16.3. The van der Waals surface area contributed by atoms with Gasteiger partial charge in [-0.3, -0.25) is 4.98 Å². The summed E-state index contributed by atoms with van der Waals surface area (Å²) in [5.41, 5.74) is 11.5. The molecule has 1 saturated heterocycles. The summed E-state index contributed by atoms with van der Waals surface area (Å²) < 4.78 is 1.79. The van der Waals surface area contributed by atoms with E-state index in [4.69, 9.17) is 10.7 Å². The second-order valence-corrected chi connectivity index (χ2v) is 8.86. The molecule has 4 heterocycles. The number of nitrogens with two attached hydrogens (primary N) is 1. The molecule has 0 saturated carbocycles. The number of pyridine rings is 2. The lowest BCUT2D eigenvalue weighted by Crippen LogP contribution is -2.21. The van der Waals surface area contributed by atoms with Crippen LogP contribution in [0.15, 0.2) is 54.7 Å². The largest absolute Gasteiger partial charge is 0.391 e. The maximum atomic E-state index is 10.2. The maximum absolute atomic E-state index is 10.2. The molecule has 176 valence electrons. The molecule has 5 rings (SSSR count). The van der Waals surface area contributed by atoms with Crippen molar-refractivity contribution in [3.63, 3.8) is 0 Å². The van der Waals surface area contributed by atoms with Crippen LogP contribution in [0, 0.1) is 0 Å². The van der Waals surface area contributed by atoms with Crippen LogP contribution >= 0.6 is 0 Å². The van der Waals surface area contributed by atoms with Gasteiger partial charge in [0.05, 0.1) is 41.5 Å². The smallest absolute Gasteiger partial charge is 0.154 e. The lowest BCUT2D eigenvalue weighted by Gasteiger charge is -2.20. The molecule has 34 heavy (non-hydrogen) atoms. The molecule has 0 radical (unpaired) electrons. The van der Waals surface area contributed by atoms with Gasteiger partial charge in [-0.1, -0.05) is 25.5 Å². The Kier molecular flexibility index (Phi) is 6.28. The van der Waals surface area contributed by atoms with E-state index in [1.807, 2.05) is 36.5 Å². The molecule has 8 nitrogen and oxygen atoms in total. The van der Waals surface area contributed by atoms with Crippen LogP contribution in [-0.4, -0.2) is 49.2 Å². The molecule has 0 spiro atoms. The third-order valence-corrected chi connectivity index (χ3v) is 6.39. The second-order valence-electron chi connectivity index (χ2n) is 8.86. The topological polar surface area (TPSA) is 113 Å². The van der Waals surface area contributed by atoms with Crippen LogP contribution in [0.3, 0.4) is 0 Å². The van der Waals surface area contributed by atoms with Crippen molar-refractivity contribution in [3.05, 3.63) is 66.1 Å². The molecule has 2 atom stereocenters. The van der Waals surface area contributed by atoms with Gasteiger partial charge >= 0.3 is 0 Å². The highest BCUT2D eigenvalue weighted by Crippen LogP contribution is 2.35. The van der Waals surface area contributed by atoms with E-state index >= 15 is 0 Å². The molecule has 2 unspecified atom stereocenters. The van der Waals surface area contributed by atoms with Crippen LogP contribution in [0.25, 0.3) is 28.0 Å². The zero-order valence-corrected chi connectivity index (χ0v) is 19.3. The number of nitrogens with zero attached hydrogens (tertiary/aromatic N) is 5. The minimum Gasteiger partial charge on any atom is -0.391 e. The third kappa shape index (κ3) is 4.27. The molecule has 4 aromatic rings. The van der Waals surface area contributed by atoms with Crippen molar-refractivity contribution < 1.29 is 10.2 Å². The molecule has 4 N–H and O–H groups in total. The van der Waals surface area contributed by atoms with Gasteiger partial charge in [-0.2, -0.15) is 5.10 Å². The fourth-order valence-corrected chi connectivity index (χ4v) is 4.61. The zero-order valence-electron chi connectivity index (χ0n) is 19.3. The number of aromatic nitrogens is 4. The first-order valence-electron chi connectivity index (χ1n) is 11.8. The van der Waals surface area contributed by atoms with E-state index in [0.29, 0.717) is 18.1 Å². The van der Waals surface area contributed by atoms with Crippen LogP contribution in [0.4, 0.5) is 5.69 Å². The molecule has 1 aliphatic heterocycles. The van der Waals surface area contributed by atoms with Crippen molar-refractivity contribution in [3.8, 4) is 17.1 Å². The summed E-state index contributed by atoms with van der Waals surface area (Å²) in [6.07, 6.45) is 4.11. The Bertz CT molecular complexity index is 1300. The van der Waals surface area contributed by atoms with Gasteiger partial charge in [-0.05, 0) is 49.2 Å². The van der Waals surface area contributed by atoms with Crippen LogP contribution in [0.1, 0.15) is 43.6 Å². The van der Waals surface area contributed by atoms with E-state index in [9.17, 15) is 10.2 Å².